The van der Waals surface area contributed by atoms with Crippen LogP contribution in [0.4, 0.5) is 19.6 Å². The molecule has 0 bridgehead atoms. The van der Waals surface area contributed by atoms with Crippen LogP contribution in [0.5, 0.6) is 5.75 Å². The van der Waals surface area contributed by atoms with Gasteiger partial charge in [0, 0.05) is 12.2 Å². The number of thiazole rings is 1. The van der Waals surface area contributed by atoms with Crippen LogP contribution in [0.3, 0.4) is 0 Å². The van der Waals surface area contributed by atoms with Crippen LogP contribution in [0, 0.1) is 17.6 Å². The third-order valence-corrected chi connectivity index (χ3v) is 5.98. The standard InChI is InChI=1S/C21H20F2N4O3S/c1-30-18-14(22)6-5-13(17(18)23)20(29)25-12-4-7-15-16(9-12)31-21(26-15)27-19(28)11-3-2-8-24-10-11/h4-7,9,11,24H,2-3,8,10H2,1H3,(H,25,29)(H,26,27,28). The van der Waals surface area contributed by atoms with Crippen molar-refractivity contribution in [1.29, 1.82) is 0 Å². The van der Waals surface area contributed by atoms with Crippen molar-refractivity contribution < 1.29 is 23.1 Å². The molecule has 31 heavy (non-hydrogen) atoms. The smallest absolute Gasteiger partial charge is 0.258 e. The van der Waals surface area contributed by atoms with Crippen LogP contribution in [0.2, 0.25) is 0 Å². The average Bonchev–Trinajstić information content (AvgIpc) is 3.16. The Hall–Kier alpha value is -3.11. The second kappa shape index (κ2) is 8.94. The van der Waals surface area contributed by atoms with Crippen LogP contribution in [0.1, 0.15) is 23.2 Å². The Morgan fingerprint density at radius 1 is 1.23 bits per heavy atom. The second-order valence-corrected chi connectivity index (χ2v) is 8.16. The molecule has 2 aromatic carbocycles. The molecule has 162 valence electrons. The van der Waals surface area contributed by atoms with Crippen molar-refractivity contribution in [2.45, 2.75) is 12.8 Å². The number of fused-ring (bicyclic) bond motifs is 1. The Morgan fingerprint density at radius 2 is 2.06 bits per heavy atom. The minimum absolute atomic E-state index is 0.0690. The number of carbonyl (C=O) groups excluding carboxylic acids is 2. The maximum absolute atomic E-state index is 14.3. The van der Waals surface area contributed by atoms with Gasteiger partial charge < -0.3 is 20.7 Å². The molecule has 2 heterocycles. The molecule has 1 saturated heterocycles. The Balaban J connectivity index is 1.49. The number of ether oxygens (including phenoxy) is 1. The summed E-state index contributed by atoms with van der Waals surface area (Å²) in [5.41, 5.74) is 0.740. The van der Waals surface area contributed by atoms with Gasteiger partial charge in [-0.3, -0.25) is 9.59 Å². The molecule has 1 aliphatic heterocycles. The molecule has 0 aliphatic carbocycles. The maximum atomic E-state index is 14.3. The number of benzene rings is 2. The number of nitrogens with one attached hydrogen (secondary N) is 3. The van der Waals surface area contributed by atoms with Crippen molar-refractivity contribution in [1.82, 2.24) is 10.3 Å². The minimum atomic E-state index is -1.07. The zero-order chi connectivity index (χ0) is 22.0. The van der Waals surface area contributed by atoms with Crippen LogP contribution < -0.4 is 20.7 Å². The first-order valence-electron chi connectivity index (χ1n) is 9.72. The average molecular weight is 446 g/mol. The first-order valence-corrected chi connectivity index (χ1v) is 10.5. The first-order chi connectivity index (χ1) is 15.0. The lowest BCUT2D eigenvalue weighted by Crippen LogP contribution is -2.37. The Morgan fingerprint density at radius 3 is 2.81 bits per heavy atom. The number of rotatable bonds is 5. The van der Waals surface area contributed by atoms with Crippen molar-refractivity contribution in [3.05, 3.63) is 47.5 Å². The van der Waals surface area contributed by atoms with E-state index in [9.17, 15) is 18.4 Å². The minimum Gasteiger partial charge on any atom is -0.491 e. The molecule has 3 N–H and O–H groups in total. The second-order valence-electron chi connectivity index (χ2n) is 7.13. The molecule has 1 aliphatic rings. The van der Waals surface area contributed by atoms with Gasteiger partial charge in [0.2, 0.25) is 5.91 Å². The lowest BCUT2D eigenvalue weighted by Gasteiger charge is -2.21. The van der Waals surface area contributed by atoms with Gasteiger partial charge >= 0.3 is 0 Å². The van der Waals surface area contributed by atoms with E-state index in [0.717, 1.165) is 43.3 Å². The van der Waals surface area contributed by atoms with Gasteiger partial charge in [-0.15, -0.1) is 0 Å². The third-order valence-electron chi connectivity index (χ3n) is 5.04. The van der Waals surface area contributed by atoms with Crippen LogP contribution in [0.15, 0.2) is 30.3 Å². The van der Waals surface area contributed by atoms with E-state index in [2.05, 4.69) is 25.7 Å². The van der Waals surface area contributed by atoms with E-state index in [0.29, 0.717) is 22.9 Å². The van der Waals surface area contributed by atoms with E-state index in [1.54, 1.807) is 18.2 Å². The van der Waals surface area contributed by atoms with Crippen LogP contribution in [0.25, 0.3) is 10.2 Å². The van der Waals surface area contributed by atoms with Gasteiger partial charge in [0.05, 0.1) is 28.8 Å². The Kier molecular flexibility index (Phi) is 6.10. The fraction of sp³-hybridized carbons (Fsp3) is 0.286. The SMILES string of the molecule is COc1c(F)ccc(C(=O)Nc2ccc3nc(NC(=O)C4CCCNC4)sc3c2)c1F. The molecule has 3 aromatic rings. The molecule has 0 radical (unpaired) electrons. The zero-order valence-corrected chi connectivity index (χ0v) is 17.4. The highest BCUT2D eigenvalue weighted by Crippen LogP contribution is 2.30. The quantitative estimate of drug-likeness (QED) is 0.555. The summed E-state index contributed by atoms with van der Waals surface area (Å²) < 4.78 is 33.3. The molecule has 1 unspecified atom stereocenters. The van der Waals surface area contributed by atoms with E-state index in [1.165, 1.54) is 11.3 Å². The Bertz CT molecular complexity index is 1150. The van der Waals surface area contributed by atoms with Gasteiger partial charge in [-0.1, -0.05) is 11.3 Å². The highest BCUT2D eigenvalue weighted by atomic mass is 32.1. The van der Waals surface area contributed by atoms with Crippen molar-refractivity contribution in [2.24, 2.45) is 5.92 Å². The van der Waals surface area contributed by atoms with Gasteiger partial charge in [0.1, 0.15) is 0 Å². The van der Waals surface area contributed by atoms with Gasteiger partial charge in [0.15, 0.2) is 22.5 Å². The summed E-state index contributed by atoms with van der Waals surface area (Å²) in [7, 11) is 1.13. The van der Waals surface area contributed by atoms with Crippen molar-refractivity contribution in [3.8, 4) is 5.75 Å². The van der Waals surface area contributed by atoms with Crippen molar-refractivity contribution in [2.75, 3.05) is 30.8 Å². The number of anilines is 2. The monoisotopic (exact) mass is 446 g/mol. The molecule has 1 aromatic heterocycles. The lowest BCUT2D eigenvalue weighted by molar-refractivity contribution is -0.120. The lowest BCUT2D eigenvalue weighted by atomic mass is 9.99. The molecule has 7 nitrogen and oxygen atoms in total. The molecule has 1 fully saturated rings. The third kappa shape index (κ3) is 4.49. The normalized spacial score (nSPS) is 16.2. The summed E-state index contributed by atoms with van der Waals surface area (Å²) in [5.74, 6) is -3.46. The number of halogens is 2. The molecule has 2 amide bonds. The zero-order valence-electron chi connectivity index (χ0n) is 16.6. The number of nitrogens with zero attached hydrogens (tertiary/aromatic N) is 1. The van der Waals surface area contributed by atoms with E-state index in [4.69, 9.17) is 0 Å². The highest BCUT2D eigenvalue weighted by molar-refractivity contribution is 7.22. The van der Waals surface area contributed by atoms with Gasteiger partial charge in [-0.05, 0) is 49.7 Å². The van der Waals surface area contributed by atoms with E-state index in [-0.39, 0.29) is 17.4 Å². The van der Waals surface area contributed by atoms with Gasteiger partial charge in [-0.2, -0.15) is 0 Å². The van der Waals surface area contributed by atoms with Crippen molar-refractivity contribution >= 4 is 44.2 Å². The predicted octanol–water partition coefficient (Wildman–Crippen LogP) is 3.77. The van der Waals surface area contributed by atoms with Crippen molar-refractivity contribution in [3.63, 3.8) is 0 Å². The number of methoxy groups -OCH3 is 1. The number of hydrogen-bond acceptors (Lipinski definition) is 6. The summed E-state index contributed by atoms with van der Waals surface area (Å²) in [6, 6.07) is 7.03. The van der Waals surface area contributed by atoms with E-state index < -0.39 is 23.3 Å². The molecule has 10 heteroatoms. The number of carbonyl (C=O) groups is 2. The highest BCUT2D eigenvalue weighted by Gasteiger charge is 2.22. The Labute approximate surface area is 180 Å². The van der Waals surface area contributed by atoms with Gasteiger partial charge in [-0.25, -0.2) is 13.8 Å². The molecule has 1 atom stereocenters. The fourth-order valence-corrected chi connectivity index (χ4v) is 4.34. The van der Waals surface area contributed by atoms with Crippen LogP contribution in [-0.2, 0) is 4.79 Å². The summed E-state index contributed by atoms with van der Waals surface area (Å²) in [4.78, 5) is 29.3. The molecule has 4 rings (SSSR count). The predicted molar refractivity (Wildman–Crippen MR) is 115 cm³/mol. The topological polar surface area (TPSA) is 92.3 Å². The summed E-state index contributed by atoms with van der Waals surface area (Å²) in [5, 5.41) is 9.13. The summed E-state index contributed by atoms with van der Waals surface area (Å²) >= 11 is 1.28. The summed E-state index contributed by atoms with van der Waals surface area (Å²) in [6.45, 7) is 1.58. The van der Waals surface area contributed by atoms with E-state index >= 15 is 0 Å². The number of hydrogen-bond donors (Lipinski definition) is 3. The molecular formula is C21H20F2N4O3S. The summed E-state index contributed by atoms with van der Waals surface area (Å²) in [6.07, 6.45) is 1.80. The molecule has 0 spiro atoms. The van der Waals surface area contributed by atoms with Gasteiger partial charge in [0.25, 0.3) is 5.91 Å². The number of aromatic nitrogens is 1. The maximum Gasteiger partial charge on any atom is 0.258 e. The molecule has 0 saturated carbocycles. The first kappa shape index (κ1) is 21.1. The molecular weight excluding hydrogens is 426 g/mol. The number of piperidine rings is 1. The van der Waals surface area contributed by atoms with Crippen LogP contribution >= 0.6 is 11.3 Å². The van der Waals surface area contributed by atoms with Crippen LogP contribution in [-0.4, -0.2) is 37.0 Å². The number of amides is 2. The largest absolute Gasteiger partial charge is 0.491 e. The fourth-order valence-electron chi connectivity index (χ4n) is 3.43. The van der Waals surface area contributed by atoms with E-state index in [1.807, 2.05) is 0 Å².